The van der Waals surface area contributed by atoms with E-state index < -0.39 is 0 Å². The van der Waals surface area contributed by atoms with Crippen LogP contribution in [0.4, 0.5) is 5.69 Å². The molecule has 2 aliphatic carbocycles. The monoisotopic (exact) mass is 307 g/mol. The fourth-order valence-electron chi connectivity index (χ4n) is 3.68. The molecule has 0 bridgehead atoms. The van der Waals surface area contributed by atoms with Crippen LogP contribution in [0.5, 0.6) is 0 Å². The van der Waals surface area contributed by atoms with Crippen LogP contribution in [0, 0.1) is 0 Å². The van der Waals surface area contributed by atoms with Crippen molar-refractivity contribution >= 4 is 11.6 Å². The van der Waals surface area contributed by atoms with Crippen LogP contribution in [-0.4, -0.2) is 18.0 Å². The molecule has 120 valence electrons. The van der Waals surface area contributed by atoms with E-state index in [2.05, 4.69) is 46.0 Å². The van der Waals surface area contributed by atoms with E-state index in [0.717, 1.165) is 11.6 Å². The minimum atomic E-state index is 0. The van der Waals surface area contributed by atoms with Crippen molar-refractivity contribution in [3.63, 3.8) is 0 Å². The molecule has 0 aliphatic heterocycles. The molecule has 0 spiro atoms. The van der Waals surface area contributed by atoms with Gasteiger partial charge in [-0.15, -0.1) is 0 Å². The van der Waals surface area contributed by atoms with Crippen LogP contribution in [0.25, 0.3) is 0 Å². The van der Waals surface area contributed by atoms with Crippen LogP contribution in [0.3, 0.4) is 0 Å². The SMILES string of the molecule is [Li+].c1ccc([NH+]=C(NC2CCCCC2)NC2CCCCC2)cc1. The second-order valence-electron chi connectivity index (χ2n) is 6.82. The summed E-state index contributed by atoms with van der Waals surface area (Å²) in [6.45, 7) is 0. The summed E-state index contributed by atoms with van der Waals surface area (Å²) < 4.78 is 0. The van der Waals surface area contributed by atoms with Gasteiger partial charge in [-0.2, -0.15) is 0 Å². The zero-order chi connectivity index (χ0) is 15.0. The third-order valence-corrected chi connectivity index (χ3v) is 4.95. The number of nitrogens with one attached hydrogen (secondary N) is 3. The van der Waals surface area contributed by atoms with Crippen LogP contribution < -0.4 is 34.5 Å². The van der Waals surface area contributed by atoms with E-state index in [0.29, 0.717) is 12.1 Å². The molecule has 23 heavy (non-hydrogen) atoms. The fourth-order valence-corrected chi connectivity index (χ4v) is 3.68. The molecular formula is C19H30LiN3+2. The number of para-hydroxylation sites is 1. The molecule has 0 unspecified atom stereocenters. The molecule has 0 amide bonds. The van der Waals surface area contributed by atoms with Gasteiger partial charge in [0.1, 0.15) is 0 Å². The van der Waals surface area contributed by atoms with Crippen molar-refractivity contribution in [3.8, 4) is 0 Å². The second kappa shape index (κ2) is 10.1. The van der Waals surface area contributed by atoms with Gasteiger partial charge in [0, 0.05) is 0 Å². The molecule has 0 aromatic heterocycles. The molecule has 3 N–H and O–H groups in total. The van der Waals surface area contributed by atoms with Gasteiger partial charge in [-0.05, 0) is 37.8 Å². The third kappa shape index (κ3) is 6.24. The van der Waals surface area contributed by atoms with E-state index in [9.17, 15) is 0 Å². The first kappa shape index (κ1) is 18.4. The van der Waals surface area contributed by atoms with Crippen LogP contribution in [-0.2, 0) is 0 Å². The number of rotatable bonds is 3. The van der Waals surface area contributed by atoms with Gasteiger partial charge in [-0.25, -0.2) is 4.99 Å². The number of hydrogen-bond acceptors (Lipinski definition) is 0. The van der Waals surface area contributed by atoms with E-state index in [1.807, 2.05) is 0 Å². The summed E-state index contributed by atoms with van der Waals surface area (Å²) in [5, 5.41) is 7.49. The van der Waals surface area contributed by atoms with Gasteiger partial charge in [0.2, 0.25) is 0 Å². The van der Waals surface area contributed by atoms with Crippen molar-refractivity contribution in [2.24, 2.45) is 0 Å². The van der Waals surface area contributed by atoms with E-state index in [1.54, 1.807) is 0 Å². The van der Waals surface area contributed by atoms with Crippen LogP contribution in [0.1, 0.15) is 64.2 Å². The third-order valence-electron chi connectivity index (χ3n) is 4.95. The molecule has 0 heterocycles. The molecule has 2 aliphatic rings. The molecule has 2 saturated carbocycles. The van der Waals surface area contributed by atoms with Gasteiger partial charge in [0.25, 0.3) is 0 Å². The van der Waals surface area contributed by atoms with E-state index in [-0.39, 0.29) is 18.9 Å². The Kier molecular flexibility index (Phi) is 8.06. The maximum Gasteiger partial charge on any atom is 1.00 e. The van der Waals surface area contributed by atoms with Crippen LogP contribution >= 0.6 is 0 Å². The van der Waals surface area contributed by atoms with Gasteiger partial charge in [-0.3, -0.25) is 10.6 Å². The normalized spacial score (nSPS) is 19.5. The Bertz CT molecular complexity index is 441. The maximum atomic E-state index is 3.75. The summed E-state index contributed by atoms with van der Waals surface area (Å²) in [4.78, 5) is 3.57. The molecule has 4 heteroatoms. The molecule has 3 rings (SSSR count). The Balaban J connectivity index is 0.00000192. The van der Waals surface area contributed by atoms with Gasteiger partial charge in [0.15, 0.2) is 0 Å². The number of guanidine groups is 1. The van der Waals surface area contributed by atoms with Crippen LogP contribution in [0.2, 0.25) is 0 Å². The summed E-state index contributed by atoms with van der Waals surface area (Å²) in [7, 11) is 0. The maximum absolute atomic E-state index is 3.75. The topological polar surface area (TPSA) is 38.0 Å². The zero-order valence-corrected chi connectivity index (χ0v) is 14.6. The largest absolute Gasteiger partial charge is 1.00 e. The smallest absolute Gasteiger partial charge is 0.275 e. The first-order valence-corrected chi connectivity index (χ1v) is 9.12. The van der Waals surface area contributed by atoms with Crippen molar-refractivity contribution in [2.75, 3.05) is 0 Å². The minimum absolute atomic E-state index is 0. The van der Waals surface area contributed by atoms with Crippen LogP contribution in [0.15, 0.2) is 30.3 Å². The molecular weight excluding hydrogens is 277 g/mol. The quantitative estimate of drug-likeness (QED) is 0.404. The molecule has 0 radical (unpaired) electrons. The second-order valence-corrected chi connectivity index (χ2v) is 6.82. The Morgan fingerprint density at radius 1 is 0.739 bits per heavy atom. The zero-order valence-electron chi connectivity index (χ0n) is 14.6. The summed E-state index contributed by atoms with van der Waals surface area (Å²) in [5.41, 5.74) is 1.16. The molecule has 1 aromatic rings. The first-order chi connectivity index (χ1) is 10.9. The van der Waals surface area contributed by atoms with Crippen molar-refractivity contribution in [2.45, 2.75) is 76.3 Å². The first-order valence-electron chi connectivity index (χ1n) is 9.12. The van der Waals surface area contributed by atoms with Crippen molar-refractivity contribution in [1.29, 1.82) is 0 Å². The minimum Gasteiger partial charge on any atom is -0.275 e. The average molecular weight is 307 g/mol. The van der Waals surface area contributed by atoms with Gasteiger partial charge in [-0.1, -0.05) is 56.7 Å². The Labute approximate surface area is 152 Å². The van der Waals surface area contributed by atoms with E-state index >= 15 is 0 Å². The number of benzene rings is 1. The van der Waals surface area contributed by atoms with Crippen molar-refractivity contribution in [1.82, 2.24) is 10.6 Å². The Morgan fingerprint density at radius 2 is 1.22 bits per heavy atom. The van der Waals surface area contributed by atoms with Gasteiger partial charge >= 0.3 is 24.8 Å². The van der Waals surface area contributed by atoms with Crippen molar-refractivity contribution in [3.05, 3.63) is 30.3 Å². The summed E-state index contributed by atoms with van der Waals surface area (Å²) in [6.07, 6.45) is 13.4. The Hall–Kier alpha value is -0.913. The molecule has 0 atom stereocenters. The van der Waals surface area contributed by atoms with Crippen molar-refractivity contribution < 1.29 is 23.9 Å². The fraction of sp³-hybridized carbons (Fsp3) is 0.632. The standard InChI is InChI=1S/C19H29N3.Li/c1-4-10-16(11-5-1)20-19(21-17-12-6-2-7-13-17)22-18-14-8-3-9-15-18;/h1,4-5,10-11,17-18H,2-3,6-9,12-15H2,(H2,20,21,22);/q;+1/p+1. The van der Waals surface area contributed by atoms with Gasteiger partial charge in [0.05, 0.1) is 17.8 Å². The summed E-state index contributed by atoms with van der Waals surface area (Å²) >= 11 is 0. The summed E-state index contributed by atoms with van der Waals surface area (Å²) in [6, 6.07) is 11.7. The predicted molar refractivity (Wildman–Crippen MR) is 92.1 cm³/mol. The Morgan fingerprint density at radius 3 is 1.70 bits per heavy atom. The number of hydrogen-bond donors (Lipinski definition) is 3. The summed E-state index contributed by atoms with van der Waals surface area (Å²) in [5.74, 6) is 1.12. The van der Waals surface area contributed by atoms with E-state index in [4.69, 9.17) is 0 Å². The molecule has 0 saturated heterocycles. The van der Waals surface area contributed by atoms with E-state index in [1.165, 1.54) is 64.2 Å². The average Bonchev–Trinajstić information content (AvgIpc) is 2.57. The molecule has 3 nitrogen and oxygen atoms in total. The molecule has 1 aromatic carbocycles. The predicted octanol–water partition coefficient (Wildman–Crippen LogP) is -0.397. The molecule has 2 fully saturated rings. The van der Waals surface area contributed by atoms with Gasteiger partial charge < -0.3 is 0 Å².